The molecular formula is C14H13ClFN3O. The van der Waals surface area contributed by atoms with Crippen LogP contribution in [0.15, 0.2) is 47.3 Å². The fraction of sp³-hybridized carbons (Fsp3) is 0.0714. The SMILES string of the molecule is Cl.O=c1[nH]c2ccc(NCc3ccc(F)cc3)cc2[nH]1. The van der Waals surface area contributed by atoms with Gasteiger partial charge < -0.3 is 15.3 Å². The van der Waals surface area contributed by atoms with E-state index in [-0.39, 0.29) is 23.9 Å². The lowest BCUT2D eigenvalue weighted by atomic mass is 10.2. The van der Waals surface area contributed by atoms with Crippen molar-refractivity contribution in [2.24, 2.45) is 0 Å². The Morgan fingerprint density at radius 1 is 1.00 bits per heavy atom. The molecule has 0 amide bonds. The van der Waals surface area contributed by atoms with Crippen molar-refractivity contribution >= 4 is 29.1 Å². The van der Waals surface area contributed by atoms with Gasteiger partial charge in [-0.2, -0.15) is 0 Å². The maximum atomic E-state index is 12.8. The van der Waals surface area contributed by atoms with Crippen LogP contribution >= 0.6 is 12.4 Å². The molecule has 0 saturated heterocycles. The van der Waals surface area contributed by atoms with Crippen LogP contribution in [0.2, 0.25) is 0 Å². The molecule has 4 nitrogen and oxygen atoms in total. The van der Waals surface area contributed by atoms with Crippen molar-refractivity contribution in [3.63, 3.8) is 0 Å². The normalized spacial score (nSPS) is 10.2. The van der Waals surface area contributed by atoms with E-state index in [0.29, 0.717) is 6.54 Å². The molecule has 3 rings (SSSR count). The average Bonchev–Trinajstić information content (AvgIpc) is 2.77. The molecule has 0 unspecified atom stereocenters. The molecule has 0 aliphatic heterocycles. The summed E-state index contributed by atoms with van der Waals surface area (Å²) in [5.74, 6) is -0.241. The zero-order valence-electron chi connectivity index (χ0n) is 10.4. The number of fused-ring (bicyclic) bond motifs is 1. The second-order valence-electron chi connectivity index (χ2n) is 4.32. The van der Waals surface area contributed by atoms with Crippen LogP contribution in [-0.2, 0) is 6.54 Å². The molecule has 3 N–H and O–H groups in total. The number of nitrogens with one attached hydrogen (secondary N) is 3. The number of hydrogen-bond acceptors (Lipinski definition) is 2. The van der Waals surface area contributed by atoms with Crippen LogP contribution in [0.3, 0.4) is 0 Å². The van der Waals surface area contributed by atoms with Crippen molar-refractivity contribution in [2.75, 3.05) is 5.32 Å². The summed E-state index contributed by atoms with van der Waals surface area (Å²) >= 11 is 0. The summed E-state index contributed by atoms with van der Waals surface area (Å²) in [4.78, 5) is 16.5. The largest absolute Gasteiger partial charge is 0.381 e. The van der Waals surface area contributed by atoms with Gasteiger partial charge in [-0.15, -0.1) is 12.4 Å². The summed E-state index contributed by atoms with van der Waals surface area (Å²) in [6, 6.07) is 11.9. The Bertz CT molecular complexity index is 764. The third kappa shape index (κ3) is 3.00. The molecule has 1 heterocycles. The highest BCUT2D eigenvalue weighted by Gasteiger charge is 2.00. The zero-order valence-corrected chi connectivity index (χ0v) is 11.3. The molecule has 2 aromatic carbocycles. The lowest BCUT2D eigenvalue weighted by Crippen LogP contribution is -1.99. The topological polar surface area (TPSA) is 60.7 Å². The molecular weight excluding hydrogens is 281 g/mol. The number of benzene rings is 2. The zero-order chi connectivity index (χ0) is 13.2. The second kappa shape index (κ2) is 5.79. The van der Waals surface area contributed by atoms with Crippen LogP contribution in [0, 0.1) is 5.82 Å². The van der Waals surface area contributed by atoms with Crippen molar-refractivity contribution in [2.45, 2.75) is 6.54 Å². The van der Waals surface area contributed by atoms with E-state index in [1.54, 1.807) is 12.1 Å². The van der Waals surface area contributed by atoms with Gasteiger partial charge in [0, 0.05) is 12.2 Å². The Hall–Kier alpha value is -2.27. The van der Waals surface area contributed by atoms with E-state index in [2.05, 4.69) is 15.3 Å². The van der Waals surface area contributed by atoms with Gasteiger partial charge in [-0.1, -0.05) is 12.1 Å². The smallest absolute Gasteiger partial charge is 0.323 e. The number of H-pyrrole nitrogens is 2. The van der Waals surface area contributed by atoms with Crippen molar-refractivity contribution in [1.29, 1.82) is 0 Å². The Morgan fingerprint density at radius 3 is 2.45 bits per heavy atom. The average molecular weight is 294 g/mol. The molecule has 104 valence electrons. The summed E-state index contributed by atoms with van der Waals surface area (Å²) in [6.45, 7) is 0.598. The maximum Gasteiger partial charge on any atom is 0.323 e. The van der Waals surface area contributed by atoms with Crippen molar-refractivity contribution in [1.82, 2.24) is 9.97 Å². The van der Waals surface area contributed by atoms with E-state index in [4.69, 9.17) is 0 Å². The van der Waals surface area contributed by atoms with E-state index >= 15 is 0 Å². The van der Waals surface area contributed by atoms with Crippen molar-refractivity contribution in [3.05, 3.63) is 64.3 Å². The molecule has 0 atom stereocenters. The predicted molar refractivity (Wildman–Crippen MR) is 79.9 cm³/mol. The van der Waals surface area contributed by atoms with Crippen LogP contribution < -0.4 is 11.0 Å². The van der Waals surface area contributed by atoms with Crippen LogP contribution in [0.5, 0.6) is 0 Å². The monoisotopic (exact) mass is 293 g/mol. The molecule has 0 spiro atoms. The number of imidazole rings is 1. The molecule has 1 aromatic heterocycles. The molecule has 0 fully saturated rings. The Balaban J connectivity index is 0.00000147. The fourth-order valence-corrected chi connectivity index (χ4v) is 1.95. The van der Waals surface area contributed by atoms with Crippen LogP contribution in [0.25, 0.3) is 11.0 Å². The number of rotatable bonds is 3. The molecule has 6 heteroatoms. The number of anilines is 1. The highest BCUT2D eigenvalue weighted by atomic mass is 35.5. The quantitative estimate of drug-likeness (QED) is 0.695. The van der Waals surface area contributed by atoms with Gasteiger partial charge in [-0.25, -0.2) is 9.18 Å². The molecule has 0 aliphatic rings. The molecule has 0 saturated carbocycles. The molecule has 0 aliphatic carbocycles. The third-order valence-electron chi connectivity index (χ3n) is 2.93. The van der Waals surface area contributed by atoms with E-state index in [1.165, 1.54) is 12.1 Å². The Morgan fingerprint density at radius 2 is 1.70 bits per heavy atom. The highest BCUT2D eigenvalue weighted by Crippen LogP contribution is 2.15. The van der Waals surface area contributed by atoms with Gasteiger partial charge in [-0.05, 0) is 35.9 Å². The van der Waals surface area contributed by atoms with Gasteiger partial charge >= 0.3 is 5.69 Å². The van der Waals surface area contributed by atoms with Crippen LogP contribution in [0.4, 0.5) is 10.1 Å². The summed E-state index contributed by atoms with van der Waals surface area (Å²) in [6.07, 6.45) is 0. The first-order valence-electron chi connectivity index (χ1n) is 5.91. The van der Waals surface area contributed by atoms with Gasteiger partial charge in [0.1, 0.15) is 5.82 Å². The predicted octanol–water partition coefficient (Wildman–Crippen LogP) is 3.03. The van der Waals surface area contributed by atoms with Crippen LogP contribution in [-0.4, -0.2) is 9.97 Å². The molecule has 0 radical (unpaired) electrons. The van der Waals surface area contributed by atoms with Crippen molar-refractivity contribution < 1.29 is 4.39 Å². The first-order valence-corrected chi connectivity index (χ1v) is 5.91. The van der Waals surface area contributed by atoms with Gasteiger partial charge in [-0.3, -0.25) is 0 Å². The molecule has 20 heavy (non-hydrogen) atoms. The molecule has 0 bridgehead atoms. The number of hydrogen-bond donors (Lipinski definition) is 3. The Kier molecular flexibility index (Phi) is 4.10. The first-order chi connectivity index (χ1) is 9.20. The van der Waals surface area contributed by atoms with Gasteiger partial charge in [0.05, 0.1) is 11.0 Å². The number of aromatic amines is 2. The fourth-order valence-electron chi connectivity index (χ4n) is 1.95. The summed E-state index contributed by atoms with van der Waals surface area (Å²) in [7, 11) is 0. The van der Waals surface area contributed by atoms with E-state index in [0.717, 1.165) is 22.3 Å². The van der Waals surface area contributed by atoms with Crippen LogP contribution in [0.1, 0.15) is 5.56 Å². The lowest BCUT2D eigenvalue weighted by molar-refractivity contribution is 0.627. The second-order valence-corrected chi connectivity index (χ2v) is 4.32. The Labute approximate surface area is 120 Å². The third-order valence-corrected chi connectivity index (χ3v) is 2.93. The van der Waals surface area contributed by atoms with E-state index in [1.807, 2.05) is 18.2 Å². The van der Waals surface area contributed by atoms with E-state index in [9.17, 15) is 9.18 Å². The first kappa shape index (κ1) is 14.1. The minimum absolute atomic E-state index is 0. The van der Waals surface area contributed by atoms with Gasteiger partial charge in [0.25, 0.3) is 0 Å². The highest BCUT2D eigenvalue weighted by molar-refractivity contribution is 5.85. The minimum Gasteiger partial charge on any atom is -0.381 e. The maximum absolute atomic E-state index is 12.8. The minimum atomic E-state index is -0.241. The summed E-state index contributed by atoms with van der Waals surface area (Å²) < 4.78 is 12.8. The van der Waals surface area contributed by atoms with Crippen molar-refractivity contribution in [3.8, 4) is 0 Å². The van der Waals surface area contributed by atoms with Gasteiger partial charge in [0.15, 0.2) is 0 Å². The van der Waals surface area contributed by atoms with Gasteiger partial charge in [0.2, 0.25) is 0 Å². The number of aromatic nitrogens is 2. The summed E-state index contributed by atoms with van der Waals surface area (Å²) in [5, 5.41) is 3.22. The number of halogens is 2. The van der Waals surface area contributed by atoms with E-state index < -0.39 is 0 Å². The molecule has 3 aromatic rings. The summed E-state index contributed by atoms with van der Waals surface area (Å²) in [5.41, 5.74) is 3.20. The standard InChI is InChI=1S/C14H12FN3O.ClH/c15-10-3-1-9(2-4-10)8-16-11-5-6-12-13(7-11)18-14(19)17-12;/h1-7,16H,8H2,(H2,17,18,19);1H. The lowest BCUT2D eigenvalue weighted by Gasteiger charge is -2.06.